The van der Waals surface area contributed by atoms with E-state index in [2.05, 4.69) is 5.32 Å². The molecule has 0 radical (unpaired) electrons. The van der Waals surface area contributed by atoms with E-state index < -0.39 is 29.4 Å². The molecule has 2 N–H and O–H groups in total. The van der Waals surface area contributed by atoms with Gasteiger partial charge in [0.05, 0.1) is 17.6 Å². The molecule has 0 unspecified atom stereocenters. The standard InChI is InChI=1S/C21H22ClN3O8/c1-3-4-9-23-21(28)24-19(26)12-32-20(27)13-5-7-17(18(10-13)31-2)33-16-8-6-14(22)11-15(16)25(29)30/h5-8,10-11H,3-4,9,12H2,1-2H3,(H2,23,24,26,28). The zero-order chi connectivity index (χ0) is 24.4. The Hall–Kier alpha value is -3.86. The van der Waals surface area contributed by atoms with Gasteiger partial charge in [0.15, 0.2) is 18.1 Å². The average Bonchev–Trinajstić information content (AvgIpc) is 2.78. The molecule has 2 aromatic rings. The van der Waals surface area contributed by atoms with E-state index in [9.17, 15) is 24.5 Å². The summed E-state index contributed by atoms with van der Waals surface area (Å²) in [5.41, 5.74) is -0.317. The number of hydrogen-bond acceptors (Lipinski definition) is 8. The number of nitro groups is 1. The summed E-state index contributed by atoms with van der Waals surface area (Å²) in [5.74, 6) is -1.53. The van der Waals surface area contributed by atoms with Crippen LogP contribution in [0.3, 0.4) is 0 Å². The lowest BCUT2D eigenvalue weighted by molar-refractivity contribution is -0.385. The lowest BCUT2D eigenvalue weighted by Crippen LogP contribution is -2.41. The molecule has 0 atom stereocenters. The van der Waals surface area contributed by atoms with E-state index in [1.54, 1.807) is 0 Å². The van der Waals surface area contributed by atoms with Crippen LogP contribution in [0.1, 0.15) is 30.1 Å². The van der Waals surface area contributed by atoms with Crippen molar-refractivity contribution < 1.29 is 33.5 Å². The highest BCUT2D eigenvalue weighted by Crippen LogP contribution is 2.37. The average molecular weight is 480 g/mol. The Morgan fingerprint density at radius 2 is 1.82 bits per heavy atom. The zero-order valence-corrected chi connectivity index (χ0v) is 18.6. The molecule has 0 saturated heterocycles. The van der Waals surface area contributed by atoms with Gasteiger partial charge >= 0.3 is 17.7 Å². The van der Waals surface area contributed by atoms with Gasteiger partial charge in [0, 0.05) is 17.6 Å². The van der Waals surface area contributed by atoms with E-state index in [0.717, 1.165) is 18.9 Å². The molecule has 33 heavy (non-hydrogen) atoms. The first-order valence-electron chi connectivity index (χ1n) is 9.79. The number of nitrogens with one attached hydrogen (secondary N) is 2. The van der Waals surface area contributed by atoms with Crippen molar-refractivity contribution in [3.05, 3.63) is 57.1 Å². The zero-order valence-electron chi connectivity index (χ0n) is 17.9. The SMILES string of the molecule is CCCCNC(=O)NC(=O)COC(=O)c1ccc(Oc2ccc(Cl)cc2[N+](=O)[O-])c(OC)c1. The van der Waals surface area contributed by atoms with Crippen LogP contribution in [0.25, 0.3) is 0 Å². The number of esters is 1. The van der Waals surface area contributed by atoms with Gasteiger partial charge in [-0.3, -0.25) is 20.2 Å². The lowest BCUT2D eigenvalue weighted by Gasteiger charge is -2.12. The van der Waals surface area contributed by atoms with E-state index in [1.165, 1.54) is 37.4 Å². The second-order valence-corrected chi connectivity index (χ2v) is 7.01. The van der Waals surface area contributed by atoms with Crippen LogP contribution in [0, 0.1) is 10.1 Å². The van der Waals surface area contributed by atoms with Crippen molar-refractivity contribution >= 4 is 35.2 Å². The van der Waals surface area contributed by atoms with Crippen molar-refractivity contribution in [2.45, 2.75) is 19.8 Å². The smallest absolute Gasteiger partial charge is 0.338 e. The van der Waals surface area contributed by atoms with Gasteiger partial charge in [-0.15, -0.1) is 0 Å². The Morgan fingerprint density at radius 1 is 1.09 bits per heavy atom. The van der Waals surface area contributed by atoms with Gasteiger partial charge in [0.25, 0.3) is 5.91 Å². The maximum absolute atomic E-state index is 12.3. The van der Waals surface area contributed by atoms with Crippen LogP contribution in [0.5, 0.6) is 17.2 Å². The number of ether oxygens (including phenoxy) is 3. The molecule has 0 fully saturated rings. The summed E-state index contributed by atoms with van der Waals surface area (Å²) in [6.07, 6.45) is 1.65. The second kappa shape index (κ2) is 12.2. The number of unbranched alkanes of at least 4 members (excludes halogenated alkanes) is 1. The molecule has 0 aromatic heterocycles. The summed E-state index contributed by atoms with van der Waals surface area (Å²) in [7, 11) is 1.32. The number of hydrogen-bond donors (Lipinski definition) is 2. The van der Waals surface area contributed by atoms with E-state index in [1.807, 2.05) is 12.2 Å². The fourth-order valence-electron chi connectivity index (χ4n) is 2.52. The van der Waals surface area contributed by atoms with Gasteiger partial charge in [0.2, 0.25) is 5.75 Å². The Balaban J connectivity index is 2.03. The number of amides is 3. The molecule has 0 spiro atoms. The Morgan fingerprint density at radius 3 is 2.48 bits per heavy atom. The van der Waals surface area contributed by atoms with Crippen LogP contribution in [0.15, 0.2) is 36.4 Å². The number of rotatable bonds is 10. The van der Waals surface area contributed by atoms with Gasteiger partial charge in [0.1, 0.15) is 0 Å². The fourth-order valence-corrected chi connectivity index (χ4v) is 2.68. The summed E-state index contributed by atoms with van der Waals surface area (Å²) in [6.45, 7) is 1.71. The van der Waals surface area contributed by atoms with Crippen molar-refractivity contribution in [2.75, 3.05) is 20.3 Å². The van der Waals surface area contributed by atoms with Gasteiger partial charge in [-0.25, -0.2) is 9.59 Å². The monoisotopic (exact) mass is 479 g/mol. The van der Waals surface area contributed by atoms with Gasteiger partial charge < -0.3 is 19.5 Å². The molecule has 176 valence electrons. The van der Waals surface area contributed by atoms with E-state index in [-0.39, 0.29) is 33.5 Å². The normalized spacial score (nSPS) is 10.2. The minimum absolute atomic E-state index is 0.0324. The molecule has 0 aliphatic carbocycles. The largest absolute Gasteiger partial charge is 0.493 e. The summed E-state index contributed by atoms with van der Waals surface area (Å²) in [5, 5.41) is 16.0. The number of halogens is 1. The highest BCUT2D eigenvalue weighted by molar-refractivity contribution is 6.30. The van der Waals surface area contributed by atoms with Gasteiger partial charge in [-0.1, -0.05) is 24.9 Å². The van der Waals surface area contributed by atoms with Crippen LogP contribution in [0.2, 0.25) is 5.02 Å². The quantitative estimate of drug-likeness (QED) is 0.226. The predicted octanol–water partition coefficient (Wildman–Crippen LogP) is 3.83. The molecule has 0 aliphatic heterocycles. The van der Waals surface area contributed by atoms with Crippen molar-refractivity contribution in [1.29, 1.82) is 0 Å². The Bertz CT molecular complexity index is 1040. The topological polar surface area (TPSA) is 146 Å². The minimum Gasteiger partial charge on any atom is -0.493 e. The number of nitrogens with zero attached hydrogens (tertiary/aromatic N) is 1. The molecule has 2 rings (SSSR count). The lowest BCUT2D eigenvalue weighted by atomic mass is 10.2. The molecular weight excluding hydrogens is 458 g/mol. The van der Waals surface area contributed by atoms with Crippen molar-refractivity contribution in [2.24, 2.45) is 0 Å². The maximum Gasteiger partial charge on any atom is 0.338 e. The third-order valence-corrected chi connectivity index (χ3v) is 4.38. The van der Waals surface area contributed by atoms with Crippen LogP contribution < -0.4 is 20.1 Å². The van der Waals surface area contributed by atoms with Crippen molar-refractivity contribution in [3.63, 3.8) is 0 Å². The molecule has 0 aliphatic rings. The number of imide groups is 1. The summed E-state index contributed by atoms with van der Waals surface area (Å²) in [4.78, 5) is 46.1. The number of urea groups is 1. The number of nitro benzene ring substituents is 1. The molecule has 0 saturated carbocycles. The fraction of sp³-hybridized carbons (Fsp3) is 0.286. The first kappa shape index (κ1) is 25.4. The third kappa shape index (κ3) is 7.65. The summed E-state index contributed by atoms with van der Waals surface area (Å²) >= 11 is 5.80. The van der Waals surface area contributed by atoms with Crippen LogP contribution in [0.4, 0.5) is 10.5 Å². The second-order valence-electron chi connectivity index (χ2n) is 6.57. The maximum atomic E-state index is 12.3. The third-order valence-electron chi connectivity index (χ3n) is 4.14. The van der Waals surface area contributed by atoms with Crippen LogP contribution in [-0.4, -0.2) is 43.1 Å². The molecule has 3 amide bonds. The molecule has 12 heteroatoms. The first-order chi connectivity index (χ1) is 15.7. The predicted molar refractivity (Wildman–Crippen MR) is 118 cm³/mol. The Kier molecular flexibility index (Phi) is 9.43. The molecular formula is C21H22ClN3O8. The van der Waals surface area contributed by atoms with Crippen molar-refractivity contribution in [3.8, 4) is 17.2 Å². The van der Waals surface area contributed by atoms with Gasteiger partial charge in [-0.05, 0) is 36.8 Å². The van der Waals surface area contributed by atoms with E-state index >= 15 is 0 Å². The summed E-state index contributed by atoms with van der Waals surface area (Å²) in [6, 6.07) is 7.20. The van der Waals surface area contributed by atoms with E-state index in [0.29, 0.717) is 6.54 Å². The first-order valence-corrected chi connectivity index (χ1v) is 10.2. The van der Waals surface area contributed by atoms with Gasteiger partial charge in [-0.2, -0.15) is 0 Å². The van der Waals surface area contributed by atoms with Crippen molar-refractivity contribution in [1.82, 2.24) is 10.6 Å². The summed E-state index contributed by atoms with van der Waals surface area (Å²) < 4.78 is 15.7. The number of carbonyl (C=O) groups is 3. The van der Waals surface area contributed by atoms with Crippen LogP contribution in [-0.2, 0) is 9.53 Å². The van der Waals surface area contributed by atoms with Crippen LogP contribution >= 0.6 is 11.6 Å². The Labute approximate surface area is 194 Å². The highest BCUT2D eigenvalue weighted by Gasteiger charge is 2.20. The molecule has 2 aromatic carbocycles. The van der Waals surface area contributed by atoms with E-state index in [4.69, 9.17) is 25.8 Å². The highest BCUT2D eigenvalue weighted by atomic mass is 35.5. The minimum atomic E-state index is -0.848. The number of carbonyl (C=O) groups excluding carboxylic acids is 3. The molecule has 0 heterocycles. The number of methoxy groups -OCH3 is 1. The molecule has 0 bridgehead atoms. The number of benzene rings is 2. The molecule has 11 nitrogen and oxygen atoms in total.